The molecule has 0 bridgehead atoms. The summed E-state index contributed by atoms with van der Waals surface area (Å²) >= 11 is 1.43. The zero-order chi connectivity index (χ0) is 18.1. The van der Waals surface area contributed by atoms with E-state index in [1.807, 2.05) is 73.1 Å². The number of nitrogens with zero attached hydrogens (tertiary/aromatic N) is 3. The fourth-order valence-corrected chi connectivity index (χ4v) is 3.84. The minimum atomic E-state index is -0.263. The molecular formula is C20H18N4OS. The monoisotopic (exact) mass is 362 g/mol. The second-order valence-electron chi connectivity index (χ2n) is 6.10. The number of Topliss-reactive ketones (excluding diaryl/α,β-unsaturated/α-hetero) is 1. The normalized spacial score (nSPS) is 12.4. The van der Waals surface area contributed by atoms with Crippen molar-refractivity contribution in [3.05, 3.63) is 66.4 Å². The molecule has 2 aromatic heterocycles. The number of benzene rings is 2. The van der Waals surface area contributed by atoms with Crippen LogP contribution in [0.4, 0.5) is 0 Å². The summed E-state index contributed by atoms with van der Waals surface area (Å²) < 4.78 is 1.93. The molecule has 1 atom stereocenters. The van der Waals surface area contributed by atoms with Crippen molar-refractivity contribution in [2.75, 3.05) is 0 Å². The molecule has 4 aromatic rings. The van der Waals surface area contributed by atoms with E-state index in [0.717, 1.165) is 27.4 Å². The smallest absolute Gasteiger partial charge is 0.191 e. The molecule has 0 saturated heterocycles. The number of thioether (sulfide) groups is 1. The number of para-hydroxylation sites is 1. The molecule has 130 valence electrons. The van der Waals surface area contributed by atoms with E-state index >= 15 is 0 Å². The molecule has 1 N–H and O–H groups in total. The van der Waals surface area contributed by atoms with Gasteiger partial charge >= 0.3 is 0 Å². The predicted octanol–water partition coefficient (Wildman–Crippen LogP) is 4.33. The van der Waals surface area contributed by atoms with Gasteiger partial charge in [0.2, 0.25) is 0 Å². The molecule has 2 heterocycles. The van der Waals surface area contributed by atoms with E-state index in [1.54, 1.807) is 6.20 Å². The highest BCUT2D eigenvalue weighted by atomic mass is 32.2. The average Bonchev–Trinajstić information content (AvgIpc) is 3.26. The number of rotatable bonds is 5. The maximum atomic E-state index is 12.9. The Labute approximate surface area is 155 Å². The van der Waals surface area contributed by atoms with Crippen molar-refractivity contribution < 1.29 is 4.79 Å². The predicted molar refractivity (Wildman–Crippen MR) is 104 cm³/mol. The Bertz CT molecular complexity index is 1070. The van der Waals surface area contributed by atoms with Crippen LogP contribution in [-0.2, 0) is 7.05 Å². The van der Waals surface area contributed by atoms with Gasteiger partial charge < -0.3 is 9.55 Å². The van der Waals surface area contributed by atoms with Gasteiger partial charge in [-0.15, -0.1) is 10.2 Å². The SMILES string of the molecule is C[C@@H](Sc1nnc(-c2ccccc2)n1C)C(=O)c1c[nH]c2ccccc12. The van der Waals surface area contributed by atoms with E-state index in [1.165, 1.54) is 11.8 Å². The van der Waals surface area contributed by atoms with Crippen molar-refractivity contribution in [3.63, 3.8) is 0 Å². The summed E-state index contributed by atoms with van der Waals surface area (Å²) in [7, 11) is 1.92. The Morgan fingerprint density at radius 1 is 1.08 bits per heavy atom. The minimum Gasteiger partial charge on any atom is -0.360 e. The summed E-state index contributed by atoms with van der Waals surface area (Å²) in [6, 6.07) is 17.7. The van der Waals surface area contributed by atoms with Crippen LogP contribution in [0.25, 0.3) is 22.3 Å². The first kappa shape index (κ1) is 16.6. The molecule has 0 radical (unpaired) electrons. The van der Waals surface area contributed by atoms with Crippen LogP contribution >= 0.6 is 11.8 Å². The lowest BCUT2D eigenvalue weighted by Crippen LogP contribution is -2.14. The van der Waals surface area contributed by atoms with E-state index in [2.05, 4.69) is 15.2 Å². The van der Waals surface area contributed by atoms with E-state index in [0.29, 0.717) is 5.56 Å². The molecule has 2 aromatic carbocycles. The van der Waals surface area contributed by atoms with Gasteiger partial charge in [0.1, 0.15) is 0 Å². The summed E-state index contributed by atoms with van der Waals surface area (Å²) in [5.74, 6) is 0.872. The molecule has 0 aliphatic rings. The van der Waals surface area contributed by atoms with Crippen LogP contribution in [0.15, 0.2) is 66.0 Å². The Morgan fingerprint density at radius 3 is 2.62 bits per heavy atom. The van der Waals surface area contributed by atoms with E-state index in [9.17, 15) is 4.79 Å². The molecule has 26 heavy (non-hydrogen) atoms. The molecule has 5 nitrogen and oxygen atoms in total. The maximum absolute atomic E-state index is 12.9. The third-order valence-corrected chi connectivity index (χ3v) is 5.51. The molecule has 0 saturated carbocycles. The van der Waals surface area contributed by atoms with Crippen molar-refractivity contribution in [3.8, 4) is 11.4 Å². The zero-order valence-electron chi connectivity index (χ0n) is 14.5. The molecule has 4 rings (SSSR count). The summed E-state index contributed by atoms with van der Waals surface area (Å²) in [5, 5.41) is 9.97. The van der Waals surface area contributed by atoms with Crippen LogP contribution in [0.2, 0.25) is 0 Å². The van der Waals surface area contributed by atoms with Gasteiger partial charge in [0, 0.05) is 35.3 Å². The Hall–Kier alpha value is -2.86. The topological polar surface area (TPSA) is 63.6 Å². The van der Waals surface area contributed by atoms with Crippen LogP contribution in [0, 0.1) is 0 Å². The number of carbonyl (C=O) groups excluding carboxylic acids is 1. The largest absolute Gasteiger partial charge is 0.360 e. The molecule has 0 aliphatic heterocycles. The minimum absolute atomic E-state index is 0.0803. The lowest BCUT2D eigenvalue weighted by Gasteiger charge is -2.09. The molecule has 0 spiro atoms. The van der Waals surface area contributed by atoms with Gasteiger partial charge in [-0.1, -0.05) is 60.3 Å². The van der Waals surface area contributed by atoms with Gasteiger partial charge in [0.15, 0.2) is 16.8 Å². The van der Waals surface area contributed by atoms with Gasteiger partial charge in [-0.05, 0) is 13.0 Å². The van der Waals surface area contributed by atoms with Crippen molar-refractivity contribution in [1.82, 2.24) is 19.7 Å². The molecule has 0 aliphatic carbocycles. The van der Waals surface area contributed by atoms with Gasteiger partial charge in [-0.3, -0.25) is 4.79 Å². The number of H-pyrrole nitrogens is 1. The highest BCUT2D eigenvalue weighted by molar-refractivity contribution is 8.00. The van der Waals surface area contributed by atoms with Crippen LogP contribution in [-0.4, -0.2) is 30.8 Å². The summed E-state index contributed by atoms with van der Waals surface area (Å²) in [6.45, 7) is 1.91. The standard InChI is InChI=1S/C20H18N4OS/c1-13(18(25)16-12-21-17-11-7-6-10-15(16)17)26-20-23-22-19(24(20)2)14-8-4-3-5-9-14/h3-13,21H,1-2H3/t13-/m1/s1. The first-order chi connectivity index (χ1) is 12.6. The van der Waals surface area contributed by atoms with Gasteiger partial charge in [-0.2, -0.15) is 0 Å². The number of ketones is 1. The molecule has 0 amide bonds. The van der Waals surface area contributed by atoms with E-state index in [-0.39, 0.29) is 11.0 Å². The lowest BCUT2D eigenvalue weighted by molar-refractivity contribution is 0.0995. The lowest BCUT2D eigenvalue weighted by atomic mass is 10.1. The van der Waals surface area contributed by atoms with Crippen molar-refractivity contribution in [2.24, 2.45) is 7.05 Å². The fraction of sp³-hybridized carbons (Fsp3) is 0.150. The second-order valence-corrected chi connectivity index (χ2v) is 7.41. The number of aromatic amines is 1. The number of carbonyl (C=O) groups is 1. The second kappa shape index (κ2) is 6.80. The third-order valence-electron chi connectivity index (χ3n) is 4.37. The summed E-state index contributed by atoms with van der Waals surface area (Å²) in [6.07, 6.45) is 1.79. The third kappa shape index (κ3) is 2.93. The van der Waals surface area contributed by atoms with Gasteiger partial charge in [-0.25, -0.2) is 0 Å². The van der Waals surface area contributed by atoms with Crippen LogP contribution < -0.4 is 0 Å². The quantitative estimate of drug-likeness (QED) is 0.424. The average molecular weight is 362 g/mol. The number of hydrogen-bond acceptors (Lipinski definition) is 4. The molecule has 6 heteroatoms. The maximum Gasteiger partial charge on any atom is 0.191 e. The molecule has 0 unspecified atom stereocenters. The zero-order valence-corrected chi connectivity index (χ0v) is 15.3. The number of fused-ring (bicyclic) bond motifs is 1. The van der Waals surface area contributed by atoms with E-state index in [4.69, 9.17) is 0 Å². The highest BCUT2D eigenvalue weighted by Gasteiger charge is 2.22. The Balaban J connectivity index is 1.58. The number of nitrogens with one attached hydrogen (secondary N) is 1. The van der Waals surface area contributed by atoms with Crippen molar-refractivity contribution in [1.29, 1.82) is 0 Å². The highest BCUT2D eigenvalue weighted by Crippen LogP contribution is 2.29. The van der Waals surface area contributed by atoms with Crippen LogP contribution in [0.5, 0.6) is 0 Å². The molecule has 0 fully saturated rings. The first-order valence-electron chi connectivity index (χ1n) is 8.37. The number of hydrogen-bond donors (Lipinski definition) is 1. The summed E-state index contributed by atoms with van der Waals surface area (Å²) in [5.41, 5.74) is 2.69. The fourth-order valence-electron chi connectivity index (χ4n) is 2.96. The number of aromatic nitrogens is 4. The Morgan fingerprint density at radius 2 is 1.81 bits per heavy atom. The van der Waals surface area contributed by atoms with E-state index < -0.39 is 0 Å². The van der Waals surface area contributed by atoms with Gasteiger partial charge in [0.05, 0.1) is 5.25 Å². The molecular weight excluding hydrogens is 344 g/mol. The first-order valence-corrected chi connectivity index (χ1v) is 9.25. The van der Waals surface area contributed by atoms with Crippen LogP contribution in [0.3, 0.4) is 0 Å². The van der Waals surface area contributed by atoms with Crippen LogP contribution in [0.1, 0.15) is 17.3 Å². The van der Waals surface area contributed by atoms with Crippen molar-refractivity contribution in [2.45, 2.75) is 17.3 Å². The summed E-state index contributed by atoms with van der Waals surface area (Å²) in [4.78, 5) is 16.1. The van der Waals surface area contributed by atoms with Gasteiger partial charge in [0.25, 0.3) is 0 Å². The Kier molecular flexibility index (Phi) is 4.34. The van der Waals surface area contributed by atoms with Crippen molar-refractivity contribution >= 4 is 28.4 Å².